The van der Waals surface area contributed by atoms with Gasteiger partial charge in [-0.2, -0.15) is 0 Å². The SMILES string of the molecule is CC(=O)NCCNC(=O)C1CN(c2cccc3nc(C)cn23)CCN1C(=O)CCS(=O)(=O)c1ccc2cc(Cl)ccc2c1. The van der Waals surface area contributed by atoms with Crippen LogP contribution >= 0.6 is 11.6 Å². The molecule has 1 atom stereocenters. The fourth-order valence-corrected chi connectivity index (χ4v) is 6.74. The zero-order valence-electron chi connectivity index (χ0n) is 23.9. The number of aromatic nitrogens is 2. The van der Waals surface area contributed by atoms with Crippen molar-refractivity contribution in [1.82, 2.24) is 24.9 Å². The van der Waals surface area contributed by atoms with Crippen LogP contribution in [0.5, 0.6) is 0 Å². The summed E-state index contributed by atoms with van der Waals surface area (Å²) in [5, 5.41) is 7.53. The first kappa shape index (κ1) is 30.3. The van der Waals surface area contributed by atoms with Gasteiger partial charge < -0.3 is 20.4 Å². The van der Waals surface area contributed by atoms with Crippen molar-refractivity contribution in [2.75, 3.05) is 43.4 Å². The molecule has 2 N–H and O–H groups in total. The number of nitrogens with one attached hydrogen (secondary N) is 2. The van der Waals surface area contributed by atoms with Crippen molar-refractivity contribution in [2.45, 2.75) is 31.2 Å². The molecule has 2 aromatic carbocycles. The molecule has 0 spiro atoms. The van der Waals surface area contributed by atoms with Gasteiger partial charge in [0.15, 0.2) is 9.84 Å². The van der Waals surface area contributed by atoms with E-state index in [0.29, 0.717) is 11.6 Å². The summed E-state index contributed by atoms with van der Waals surface area (Å²) < 4.78 is 28.4. The minimum atomic E-state index is -3.78. The largest absolute Gasteiger partial charge is 0.355 e. The normalized spacial score (nSPS) is 15.6. The van der Waals surface area contributed by atoms with Crippen LogP contribution in [0.25, 0.3) is 16.4 Å². The van der Waals surface area contributed by atoms with Crippen LogP contribution in [0.15, 0.2) is 65.7 Å². The van der Waals surface area contributed by atoms with Crippen molar-refractivity contribution >= 4 is 61.4 Å². The number of hydrogen-bond donors (Lipinski definition) is 2. The summed E-state index contributed by atoms with van der Waals surface area (Å²) in [6, 6.07) is 14.8. The summed E-state index contributed by atoms with van der Waals surface area (Å²) in [6.45, 7) is 4.60. The lowest BCUT2D eigenvalue weighted by Gasteiger charge is -2.41. The second-order valence-electron chi connectivity index (χ2n) is 10.5. The Morgan fingerprint density at radius 3 is 2.53 bits per heavy atom. The van der Waals surface area contributed by atoms with Crippen LogP contribution in [-0.2, 0) is 24.2 Å². The summed E-state index contributed by atoms with van der Waals surface area (Å²) in [6.07, 6.45) is 1.64. The van der Waals surface area contributed by atoms with Gasteiger partial charge in [0.05, 0.1) is 16.3 Å². The van der Waals surface area contributed by atoms with Crippen LogP contribution in [0.2, 0.25) is 5.02 Å². The Morgan fingerprint density at radius 2 is 1.74 bits per heavy atom. The first-order chi connectivity index (χ1) is 20.5. The van der Waals surface area contributed by atoms with Crippen LogP contribution in [0.3, 0.4) is 0 Å². The number of hydrogen-bond acceptors (Lipinski definition) is 7. The van der Waals surface area contributed by atoms with Gasteiger partial charge in [-0.1, -0.05) is 29.8 Å². The summed E-state index contributed by atoms with van der Waals surface area (Å²) >= 11 is 6.05. The predicted octanol–water partition coefficient (Wildman–Crippen LogP) is 2.58. The highest BCUT2D eigenvalue weighted by Gasteiger charge is 2.36. The molecule has 0 bridgehead atoms. The van der Waals surface area contributed by atoms with Crippen LogP contribution in [0, 0.1) is 6.92 Å². The number of sulfone groups is 1. The lowest BCUT2D eigenvalue weighted by molar-refractivity contribution is -0.140. The molecule has 3 amide bonds. The molecule has 0 aliphatic carbocycles. The quantitative estimate of drug-likeness (QED) is 0.274. The van der Waals surface area contributed by atoms with Crippen molar-refractivity contribution in [3.05, 3.63) is 71.5 Å². The average Bonchev–Trinajstić information content (AvgIpc) is 3.37. The number of amides is 3. The molecule has 4 aromatic rings. The van der Waals surface area contributed by atoms with Crippen LogP contribution in [0.1, 0.15) is 19.0 Å². The molecule has 11 nitrogen and oxygen atoms in total. The number of pyridine rings is 1. The Balaban J connectivity index is 1.32. The Bertz CT molecular complexity index is 1810. The van der Waals surface area contributed by atoms with Gasteiger partial charge in [0, 0.05) is 57.3 Å². The summed E-state index contributed by atoms with van der Waals surface area (Å²) in [4.78, 5) is 46.2. The minimum Gasteiger partial charge on any atom is -0.355 e. The Hall–Kier alpha value is -4.16. The first-order valence-electron chi connectivity index (χ1n) is 14.0. The Morgan fingerprint density at radius 1 is 1.00 bits per heavy atom. The smallest absolute Gasteiger partial charge is 0.244 e. The van der Waals surface area contributed by atoms with E-state index in [1.54, 1.807) is 30.3 Å². The number of nitrogens with zero attached hydrogens (tertiary/aromatic N) is 4. The van der Waals surface area contributed by atoms with Gasteiger partial charge in [-0.25, -0.2) is 13.4 Å². The number of carbonyl (C=O) groups excluding carboxylic acids is 3. The Labute approximate surface area is 254 Å². The van der Waals surface area contributed by atoms with E-state index in [0.717, 1.165) is 27.9 Å². The molecule has 3 heterocycles. The number of carbonyl (C=O) groups is 3. The molecule has 43 heavy (non-hydrogen) atoms. The molecule has 226 valence electrons. The minimum absolute atomic E-state index is 0.121. The number of anilines is 1. The third-order valence-electron chi connectivity index (χ3n) is 7.43. The van der Waals surface area contributed by atoms with Gasteiger partial charge >= 0.3 is 0 Å². The lowest BCUT2D eigenvalue weighted by atomic mass is 10.1. The fraction of sp³-hybridized carbons (Fsp3) is 0.333. The van der Waals surface area contributed by atoms with Gasteiger partial charge in [-0.3, -0.25) is 18.8 Å². The standard InChI is InChI=1S/C30H33ClN6O5S/c1-20-18-37-27(34-20)4-3-5-28(37)35-13-14-36(26(19-35)30(40)33-12-11-32-21(2)38)29(39)10-15-43(41,42)25-9-7-22-16-24(31)8-6-23(22)17-25/h3-9,16-18,26H,10-15,19H2,1-2H3,(H,32,38)(H,33,40). The molecule has 0 saturated carbocycles. The predicted molar refractivity (Wildman–Crippen MR) is 165 cm³/mol. The molecule has 1 fully saturated rings. The van der Waals surface area contributed by atoms with Gasteiger partial charge in [0.25, 0.3) is 0 Å². The van der Waals surface area contributed by atoms with Gasteiger partial charge in [0.1, 0.15) is 17.5 Å². The van der Waals surface area contributed by atoms with E-state index in [-0.39, 0.29) is 49.3 Å². The average molecular weight is 625 g/mol. The molecule has 13 heteroatoms. The number of aryl methyl sites for hydroxylation is 1. The van der Waals surface area contributed by atoms with Crippen molar-refractivity contribution in [2.24, 2.45) is 0 Å². The first-order valence-corrected chi connectivity index (χ1v) is 16.0. The lowest BCUT2D eigenvalue weighted by Crippen LogP contribution is -2.61. The fourth-order valence-electron chi connectivity index (χ4n) is 5.30. The molecular formula is C30H33ClN6O5S. The summed E-state index contributed by atoms with van der Waals surface area (Å²) in [5.41, 5.74) is 1.62. The number of benzene rings is 2. The molecular weight excluding hydrogens is 592 g/mol. The van der Waals surface area contributed by atoms with Crippen molar-refractivity contribution in [3.63, 3.8) is 0 Å². The van der Waals surface area contributed by atoms with E-state index in [4.69, 9.17) is 11.6 Å². The van der Waals surface area contributed by atoms with Gasteiger partial charge in [-0.05, 0) is 54.1 Å². The third-order valence-corrected chi connectivity index (χ3v) is 9.38. The van der Waals surface area contributed by atoms with E-state index < -0.39 is 27.5 Å². The zero-order chi connectivity index (χ0) is 30.7. The van der Waals surface area contributed by atoms with E-state index in [2.05, 4.69) is 15.6 Å². The maximum absolute atomic E-state index is 13.5. The van der Waals surface area contributed by atoms with E-state index in [1.165, 1.54) is 17.9 Å². The topological polar surface area (TPSA) is 133 Å². The van der Waals surface area contributed by atoms with E-state index >= 15 is 0 Å². The number of imidazole rings is 1. The highest BCUT2D eigenvalue weighted by atomic mass is 35.5. The number of fused-ring (bicyclic) bond motifs is 2. The number of halogens is 1. The Kier molecular flexibility index (Phi) is 8.88. The molecule has 0 radical (unpaired) electrons. The molecule has 1 saturated heterocycles. The molecule has 1 aliphatic rings. The third kappa shape index (κ3) is 6.91. The molecule has 1 aliphatic heterocycles. The van der Waals surface area contributed by atoms with E-state index in [1.807, 2.05) is 40.6 Å². The molecule has 2 aromatic heterocycles. The van der Waals surface area contributed by atoms with Crippen molar-refractivity contribution in [1.29, 1.82) is 0 Å². The van der Waals surface area contributed by atoms with Crippen LogP contribution in [0.4, 0.5) is 5.82 Å². The molecule has 1 unspecified atom stereocenters. The maximum atomic E-state index is 13.5. The van der Waals surface area contributed by atoms with Crippen molar-refractivity contribution in [3.8, 4) is 0 Å². The van der Waals surface area contributed by atoms with E-state index in [9.17, 15) is 22.8 Å². The highest BCUT2D eigenvalue weighted by Crippen LogP contribution is 2.25. The number of piperazine rings is 1. The second kappa shape index (κ2) is 12.6. The van der Waals surface area contributed by atoms with Crippen LogP contribution in [-0.4, -0.2) is 84.9 Å². The van der Waals surface area contributed by atoms with Gasteiger partial charge in [-0.15, -0.1) is 0 Å². The summed E-state index contributed by atoms with van der Waals surface area (Å²) in [7, 11) is -3.78. The second-order valence-corrected chi connectivity index (χ2v) is 13.1. The monoisotopic (exact) mass is 624 g/mol. The summed E-state index contributed by atoms with van der Waals surface area (Å²) in [5.74, 6) is -0.574. The molecule has 5 rings (SSSR count). The highest BCUT2D eigenvalue weighted by molar-refractivity contribution is 7.91. The van der Waals surface area contributed by atoms with Crippen LogP contribution < -0.4 is 15.5 Å². The van der Waals surface area contributed by atoms with Gasteiger partial charge in [0.2, 0.25) is 17.7 Å². The van der Waals surface area contributed by atoms with Crippen molar-refractivity contribution < 1.29 is 22.8 Å². The zero-order valence-corrected chi connectivity index (χ0v) is 25.5. The number of rotatable bonds is 9. The maximum Gasteiger partial charge on any atom is 0.244 e.